The van der Waals surface area contributed by atoms with Gasteiger partial charge in [-0.1, -0.05) is 32.0 Å². The molecule has 0 aromatic heterocycles. The van der Waals surface area contributed by atoms with Gasteiger partial charge in [0.2, 0.25) is 5.91 Å². The van der Waals surface area contributed by atoms with Crippen LogP contribution in [-0.2, 0) is 9.59 Å². The third kappa shape index (κ3) is 4.35. The summed E-state index contributed by atoms with van der Waals surface area (Å²) in [5.74, 6) is 0.766. The lowest BCUT2D eigenvalue weighted by Crippen LogP contribution is -2.27. The summed E-state index contributed by atoms with van der Waals surface area (Å²) in [7, 11) is 0. The molecule has 2 atom stereocenters. The normalized spacial score (nSPS) is 17.5. The first-order chi connectivity index (χ1) is 13.5. The number of hydrogen-bond acceptors (Lipinski definition) is 4. The molecule has 2 aromatic carbocycles. The quantitative estimate of drug-likeness (QED) is 0.521. The second kappa shape index (κ2) is 8.91. The maximum Gasteiger partial charge on any atom is 0.316 e. The molecule has 0 aliphatic carbocycles. The summed E-state index contributed by atoms with van der Waals surface area (Å²) in [5, 5.41) is 0. The van der Waals surface area contributed by atoms with Crippen LogP contribution in [0.15, 0.2) is 48.5 Å². The van der Waals surface area contributed by atoms with Gasteiger partial charge < -0.3 is 14.4 Å². The Balaban J connectivity index is 1.69. The summed E-state index contributed by atoms with van der Waals surface area (Å²) < 4.78 is 11.1. The van der Waals surface area contributed by atoms with Gasteiger partial charge in [0, 0.05) is 18.7 Å². The van der Waals surface area contributed by atoms with Crippen LogP contribution in [0.4, 0.5) is 5.69 Å². The highest BCUT2D eigenvalue weighted by Gasteiger charge is 2.36. The standard InChI is InChI=1S/C23H27NO4/c1-4-16(3)20-8-6-7-9-21(20)28-23(26)17-14-22(25)24(15-17)18-10-12-19(13-11-18)27-5-2/h6-13,16-17H,4-5,14-15H2,1-3H3/t16-,17-/m0/s1. The molecule has 5 nitrogen and oxygen atoms in total. The SMILES string of the molecule is CCOc1ccc(N2C[C@@H](C(=O)Oc3ccccc3[C@@H](C)CC)CC2=O)cc1. The lowest BCUT2D eigenvalue weighted by molar-refractivity contribution is -0.139. The van der Waals surface area contributed by atoms with Crippen molar-refractivity contribution in [2.24, 2.45) is 5.92 Å². The van der Waals surface area contributed by atoms with Gasteiger partial charge in [0.15, 0.2) is 0 Å². The van der Waals surface area contributed by atoms with Crippen LogP contribution in [0, 0.1) is 5.92 Å². The zero-order valence-electron chi connectivity index (χ0n) is 16.7. The van der Waals surface area contributed by atoms with E-state index in [1.807, 2.05) is 55.5 Å². The molecule has 1 heterocycles. The lowest BCUT2D eigenvalue weighted by Gasteiger charge is -2.18. The van der Waals surface area contributed by atoms with Crippen molar-refractivity contribution >= 4 is 17.6 Å². The van der Waals surface area contributed by atoms with Crippen LogP contribution in [0.25, 0.3) is 0 Å². The van der Waals surface area contributed by atoms with Gasteiger partial charge in [0.05, 0.1) is 12.5 Å². The summed E-state index contributed by atoms with van der Waals surface area (Å²) in [6.45, 7) is 7.06. The Morgan fingerprint density at radius 2 is 1.86 bits per heavy atom. The first kappa shape index (κ1) is 19.9. The predicted octanol–water partition coefficient (Wildman–Crippen LogP) is 4.56. The number of rotatable bonds is 7. The number of para-hydroxylation sites is 1. The number of ether oxygens (including phenoxy) is 2. The van der Waals surface area contributed by atoms with Crippen LogP contribution in [-0.4, -0.2) is 25.0 Å². The molecule has 0 unspecified atom stereocenters. The third-order valence-corrected chi connectivity index (χ3v) is 5.19. The molecule has 5 heteroatoms. The van der Waals surface area contributed by atoms with Gasteiger partial charge in [-0.2, -0.15) is 0 Å². The van der Waals surface area contributed by atoms with Gasteiger partial charge >= 0.3 is 5.97 Å². The zero-order chi connectivity index (χ0) is 20.1. The Hall–Kier alpha value is -2.82. The Morgan fingerprint density at radius 3 is 2.54 bits per heavy atom. The third-order valence-electron chi connectivity index (χ3n) is 5.19. The molecule has 1 saturated heterocycles. The van der Waals surface area contributed by atoms with E-state index < -0.39 is 5.92 Å². The minimum absolute atomic E-state index is 0.0682. The van der Waals surface area contributed by atoms with E-state index in [0.717, 1.165) is 23.4 Å². The number of amides is 1. The van der Waals surface area contributed by atoms with Gasteiger partial charge in [0.25, 0.3) is 0 Å². The minimum atomic E-state index is -0.468. The second-order valence-corrected chi connectivity index (χ2v) is 7.10. The topological polar surface area (TPSA) is 55.8 Å². The van der Waals surface area contributed by atoms with Crippen LogP contribution >= 0.6 is 0 Å². The fourth-order valence-electron chi connectivity index (χ4n) is 3.40. The molecule has 28 heavy (non-hydrogen) atoms. The molecule has 0 bridgehead atoms. The van der Waals surface area contributed by atoms with Crippen LogP contribution < -0.4 is 14.4 Å². The maximum atomic E-state index is 12.7. The smallest absolute Gasteiger partial charge is 0.316 e. The largest absolute Gasteiger partial charge is 0.494 e. The lowest BCUT2D eigenvalue weighted by atomic mass is 9.98. The van der Waals surface area contributed by atoms with Gasteiger partial charge in [0.1, 0.15) is 11.5 Å². The van der Waals surface area contributed by atoms with Crippen molar-refractivity contribution in [3.8, 4) is 11.5 Å². The molecule has 0 spiro atoms. The number of esters is 1. The average Bonchev–Trinajstić information content (AvgIpc) is 3.10. The van der Waals surface area contributed by atoms with Crippen molar-refractivity contribution in [2.45, 2.75) is 39.5 Å². The first-order valence-corrected chi connectivity index (χ1v) is 9.87. The highest BCUT2D eigenvalue weighted by Crippen LogP contribution is 2.31. The van der Waals surface area contributed by atoms with Crippen LogP contribution in [0.5, 0.6) is 11.5 Å². The number of carbonyl (C=O) groups excluding carboxylic acids is 2. The molecule has 1 amide bonds. The number of carbonyl (C=O) groups is 2. The van der Waals surface area contributed by atoms with Crippen molar-refractivity contribution in [1.82, 2.24) is 0 Å². The Morgan fingerprint density at radius 1 is 1.14 bits per heavy atom. The van der Waals surface area contributed by atoms with E-state index in [2.05, 4.69) is 13.8 Å². The van der Waals surface area contributed by atoms with Crippen LogP contribution in [0.3, 0.4) is 0 Å². The van der Waals surface area contributed by atoms with Crippen molar-refractivity contribution in [2.75, 3.05) is 18.1 Å². The Labute approximate surface area is 166 Å². The summed E-state index contributed by atoms with van der Waals surface area (Å²) in [5.41, 5.74) is 1.79. The Kier molecular flexibility index (Phi) is 6.34. The van der Waals surface area contributed by atoms with E-state index in [9.17, 15) is 9.59 Å². The van der Waals surface area contributed by atoms with Crippen molar-refractivity contribution in [1.29, 1.82) is 0 Å². The highest BCUT2D eigenvalue weighted by molar-refractivity contribution is 5.99. The molecular formula is C23H27NO4. The van der Waals surface area contributed by atoms with Gasteiger partial charge in [-0.3, -0.25) is 9.59 Å². The molecule has 0 saturated carbocycles. The molecular weight excluding hydrogens is 354 g/mol. The van der Waals surface area contributed by atoms with Crippen molar-refractivity contribution < 1.29 is 19.1 Å². The molecule has 148 valence electrons. The van der Waals surface area contributed by atoms with Gasteiger partial charge in [-0.05, 0) is 55.2 Å². The van der Waals surface area contributed by atoms with E-state index in [-0.39, 0.29) is 18.3 Å². The molecule has 0 radical (unpaired) electrons. The van der Waals surface area contributed by atoms with E-state index in [0.29, 0.717) is 24.8 Å². The van der Waals surface area contributed by atoms with Crippen LogP contribution in [0.1, 0.15) is 45.1 Å². The van der Waals surface area contributed by atoms with E-state index >= 15 is 0 Å². The first-order valence-electron chi connectivity index (χ1n) is 9.87. The predicted molar refractivity (Wildman–Crippen MR) is 109 cm³/mol. The van der Waals surface area contributed by atoms with Crippen LogP contribution in [0.2, 0.25) is 0 Å². The number of benzene rings is 2. The molecule has 0 N–H and O–H groups in total. The number of anilines is 1. The molecule has 2 aromatic rings. The fourth-order valence-corrected chi connectivity index (χ4v) is 3.40. The van der Waals surface area contributed by atoms with Gasteiger partial charge in [-0.15, -0.1) is 0 Å². The van der Waals surface area contributed by atoms with E-state index in [1.165, 1.54) is 0 Å². The minimum Gasteiger partial charge on any atom is -0.494 e. The average molecular weight is 381 g/mol. The molecule has 1 fully saturated rings. The zero-order valence-corrected chi connectivity index (χ0v) is 16.7. The van der Waals surface area contributed by atoms with E-state index in [4.69, 9.17) is 9.47 Å². The number of nitrogens with zero attached hydrogens (tertiary/aromatic N) is 1. The molecule has 1 aliphatic rings. The Bertz CT molecular complexity index is 831. The summed E-state index contributed by atoms with van der Waals surface area (Å²) in [6.07, 6.45) is 1.12. The number of hydrogen-bond donors (Lipinski definition) is 0. The fraction of sp³-hybridized carbons (Fsp3) is 0.391. The monoisotopic (exact) mass is 381 g/mol. The van der Waals surface area contributed by atoms with E-state index in [1.54, 1.807) is 4.90 Å². The van der Waals surface area contributed by atoms with Gasteiger partial charge in [-0.25, -0.2) is 0 Å². The second-order valence-electron chi connectivity index (χ2n) is 7.10. The molecule has 1 aliphatic heterocycles. The van der Waals surface area contributed by atoms with Crippen molar-refractivity contribution in [3.63, 3.8) is 0 Å². The summed E-state index contributed by atoms with van der Waals surface area (Å²) >= 11 is 0. The maximum absolute atomic E-state index is 12.7. The highest BCUT2D eigenvalue weighted by atomic mass is 16.5. The summed E-state index contributed by atoms with van der Waals surface area (Å²) in [6, 6.07) is 15.0. The molecule has 3 rings (SSSR count). The van der Waals surface area contributed by atoms with Crippen molar-refractivity contribution in [3.05, 3.63) is 54.1 Å². The summed E-state index contributed by atoms with van der Waals surface area (Å²) in [4.78, 5) is 26.8.